The lowest BCUT2D eigenvalue weighted by atomic mass is 10.1. The van der Waals surface area contributed by atoms with Crippen LogP contribution in [0.25, 0.3) is 0 Å². The molecule has 0 aliphatic heterocycles. The fourth-order valence-corrected chi connectivity index (χ4v) is 3.09. The minimum absolute atomic E-state index is 0.0401. The molecular formula is C25H34N2O3. The molecule has 0 fully saturated rings. The highest BCUT2D eigenvalue weighted by atomic mass is 16.5. The van der Waals surface area contributed by atoms with Crippen LogP contribution in [0.5, 0.6) is 5.75 Å². The number of hydrogen-bond acceptors (Lipinski definition) is 3. The molecule has 2 amide bonds. The van der Waals surface area contributed by atoms with Crippen LogP contribution in [0.3, 0.4) is 0 Å². The third kappa shape index (κ3) is 7.21. The van der Waals surface area contributed by atoms with Gasteiger partial charge in [-0.3, -0.25) is 9.59 Å². The van der Waals surface area contributed by atoms with Crippen molar-refractivity contribution in [3.05, 3.63) is 65.7 Å². The molecule has 5 heteroatoms. The van der Waals surface area contributed by atoms with Crippen LogP contribution in [0, 0.1) is 6.92 Å². The highest BCUT2D eigenvalue weighted by Crippen LogP contribution is 2.16. The van der Waals surface area contributed by atoms with Gasteiger partial charge in [0.2, 0.25) is 11.8 Å². The molecule has 0 aliphatic rings. The van der Waals surface area contributed by atoms with E-state index < -0.39 is 6.04 Å². The van der Waals surface area contributed by atoms with E-state index in [2.05, 4.69) is 5.32 Å². The summed E-state index contributed by atoms with van der Waals surface area (Å²) in [6.45, 7) is 8.70. The fraction of sp³-hybridized carbons (Fsp3) is 0.440. The van der Waals surface area contributed by atoms with Crippen LogP contribution in [0.1, 0.15) is 51.2 Å². The van der Waals surface area contributed by atoms with Gasteiger partial charge in [0.05, 0.1) is 6.61 Å². The number of nitrogens with zero attached hydrogens (tertiary/aromatic N) is 1. The van der Waals surface area contributed by atoms with E-state index in [1.54, 1.807) is 11.8 Å². The van der Waals surface area contributed by atoms with E-state index in [1.807, 2.05) is 75.4 Å². The van der Waals surface area contributed by atoms with Gasteiger partial charge >= 0.3 is 0 Å². The Morgan fingerprint density at radius 1 is 1.03 bits per heavy atom. The number of ether oxygens (including phenoxy) is 1. The summed E-state index contributed by atoms with van der Waals surface area (Å²) in [7, 11) is 0. The first-order valence-corrected chi connectivity index (χ1v) is 10.7. The van der Waals surface area contributed by atoms with E-state index in [0.717, 1.165) is 23.3 Å². The monoisotopic (exact) mass is 410 g/mol. The number of benzene rings is 2. The van der Waals surface area contributed by atoms with Crippen molar-refractivity contribution in [1.29, 1.82) is 0 Å². The minimum Gasteiger partial charge on any atom is -0.494 e. The van der Waals surface area contributed by atoms with Crippen LogP contribution in [0.2, 0.25) is 0 Å². The van der Waals surface area contributed by atoms with Crippen LogP contribution < -0.4 is 10.1 Å². The summed E-state index contributed by atoms with van der Waals surface area (Å²) in [5.41, 5.74) is 2.16. The molecule has 162 valence electrons. The number of carbonyl (C=O) groups is 2. The molecule has 0 bridgehead atoms. The van der Waals surface area contributed by atoms with Crippen LogP contribution in [0.4, 0.5) is 0 Å². The molecule has 0 aliphatic carbocycles. The minimum atomic E-state index is -0.541. The highest BCUT2D eigenvalue weighted by Gasteiger charge is 2.26. The average molecular weight is 411 g/mol. The van der Waals surface area contributed by atoms with Crippen molar-refractivity contribution in [3.8, 4) is 5.75 Å². The number of amides is 2. The fourth-order valence-electron chi connectivity index (χ4n) is 3.09. The van der Waals surface area contributed by atoms with Gasteiger partial charge in [0.15, 0.2) is 0 Å². The molecule has 30 heavy (non-hydrogen) atoms. The Hall–Kier alpha value is -2.82. The maximum atomic E-state index is 13.1. The Morgan fingerprint density at radius 2 is 1.70 bits per heavy atom. The van der Waals surface area contributed by atoms with Crippen molar-refractivity contribution in [3.63, 3.8) is 0 Å². The van der Waals surface area contributed by atoms with Gasteiger partial charge in [0, 0.05) is 19.0 Å². The average Bonchev–Trinajstić information content (AvgIpc) is 2.76. The van der Waals surface area contributed by atoms with Crippen molar-refractivity contribution >= 4 is 11.8 Å². The zero-order chi connectivity index (χ0) is 21.9. The number of hydrogen-bond donors (Lipinski definition) is 1. The molecule has 5 nitrogen and oxygen atoms in total. The van der Waals surface area contributed by atoms with Gasteiger partial charge in [0.25, 0.3) is 0 Å². The third-order valence-corrected chi connectivity index (χ3v) is 5.32. The molecule has 0 aromatic heterocycles. The van der Waals surface area contributed by atoms with Gasteiger partial charge in [-0.1, -0.05) is 49.4 Å². The first kappa shape index (κ1) is 23.5. The second-order valence-electron chi connectivity index (χ2n) is 7.71. The van der Waals surface area contributed by atoms with E-state index in [0.29, 0.717) is 26.0 Å². The third-order valence-electron chi connectivity index (χ3n) is 5.32. The Morgan fingerprint density at radius 3 is 2.37 bits per heavy atom. The molecule has 2 aromatic carbocycles. The van der Waals surface area contributed by atoms with Crippen LogP contribution in [0.15, 0.2) is 54.6 Å². The number of aryl methyl sites for hydroxylation is 1. The van der Waals surface area contributed by atoms with Crippen molar-refractivity contribution in [1.82, 2.24) is 10.2 Å². The Kier molecular flexibility index (Phi) is 9.39. The summed E-state index contributed by atoms with van der Waals surface area (Å²) in [6, 6.07) is 17.1. The summed E-state index contributed by atoms with van der Waals surface area (Å²) < 4.78 is 5.70. The van der Waals surface area contributed by atoms with Gasteiger partial charge in [-0.25, -0.2) is 0 Å². The maximum Gasteiger partial charge on any atom is 0.242 e. The number of carbonyl (C=O) groups excluding carboxylic acids is 2. The summed E-state index contributed by atoms with van der Waals surface area (Å²) in [5, 5.41) is 3.00. The Balaban J connectivity index is 2.02. The quantitative estimate of drug-likeness (QED) is 0.556. The Labute approximate surface area is 180 Å². The van der Waals surface area contributed by atoms with E-state index in [1.165, 1.54) is 0 Å². The van der Waals surface area contributed by atoms with Gasteiger partial charge in [-0.05, 0) is 56.9 Å². The zero-order valence-corrected chi connectivity index (χ0v) is 18.6. The van der Waals surface area contributed by atoms with Crippen LogP contribution >= 0.6 is 0 Å². The molecule has 1 N–H and O–H groups in total. The molecule has 0 saturated heterocycles. The summed E-state index contributed by atoms with van der Waals surface area (Å²) in [6.07, 6.45) is 1.78. The Bertz CT molecular complexity index is 807. The molecule has 2 rings (SSSR count). The zero-order valence-electron chi connectivity index (χ0n) is 18.6. The molecule has 0 radical (unpaired) electrons. The first-order valence-electron chi connectivity index (χ1n) is 10.7. The molecule has 0 heterocycles. The van der Waals surface area contributed by atoms with Crippen molar-refractivity contribution in [2.24, 2.45) is 0 Å². The SMILES string of the molecule is CCC(C)NC(=O)C(C)N(Cc1ccccc1C)C(=O)CCCOc1ccccc1. The topological polar surface area (TPSA) is 58.6 Å². The molecule has 0 spiro atoms. The lowest BCUT2D eigenvalue weighted by Crippen LogP contribution is -2.49. The molecule has 0 saturated carbocycles. The number of rotatable bonds is 11. The summed E-state index contributed by atoms with van der Waals surface area (Å²) in [4.78, 5) is 27.5. The van der Waals surface area contributed by atoms with Crippen LogP contribution in [-0.4, -0.2) is 35.4 Å². The highest BCUT2D eigenvalue weighted by molar-refractivity contribution is 5.87. The van der Waals surface area contributed by atoms with Crippen molar-refractivity contribution in [2.75, 3.05) is 6.61 Å². The van der Waals surface area contributed by atoms with E-state index >= 15 is 0 Å². The van der Waals surface area contributed by atoms with E-state index in [9.17, 15) is 9.59 Å². The van der Waals surface area contributed by atoms with E-state index in [-0.39, 0.29) is 17.9 Å². The van der Waals surface area contributed by atoms with Gasteiger partial charge < -0.3 is 15.0 Å². The standard InChI is InChI=1S/C25H34N2O3/c1-5-20(3)26-25(29)21(4)27(18-22-13-10-9-12-19(22)2)24(28)16-11-17-30-23-14-7-6-8-15-23/h6-10,12-15,20-21H,5,11,16-18H2,1-4H3,(H,26,29). The predicted octanol–water partition coefficient (Wildman–Crippen LogP) is 4.49. The second kappa shape index (κ2) is 12.0. The summed E-state index contributed by atoms with van der Waals surface area (Å²) >= 11 is 0. The predicted molar refractivity (Wildman–Crippen MR) is 120 cm³/mol. The lowest BCUT2D eigenvalue weighted by Gasteiger charge is -2.30. The van der Waals surface area contributed by atoms with Crippen molar-refractivity contribution in [2.45, 2.75) is 65.6 Å². The molecule has 2 aromatic rings. The summed E-state index contributed by atoms with van der Waals surface area (Å²) in [5.74, 6) is 0.636. The first-order chi connectivity index (χ1) is 14.4. The van der Waals surface area contributed by atoms with Crippen molar-refractivity contribution < 1.29 is 14.3 Å². The maximum absolute atomic E-state index is 13.1. The normalized spacial score (nSPS) is 12.7. The molecular weight excluding hydrogens is 376 g/mol. The van der Waals surface area contributed by atoms with Crippen LogP contribution in [-0.2, 0) is 16.1 Å². The van der Waals surface area contributed by atoms with Gasteiger partial charge in [-0.2, -0.15) is 0 Å². The second-order valence-corrected chi connectivity index (χ2v) is 7.71. The molecule has 2 atom stereocenters. The largest absolute Gasteiger partial charge is 0.494 e. The van der Waals surface area contributed by atoms with E-state index in [4.69, 9.17) is 4.74 Å². The van der Waals surface area contributed by atoms with Gasteiger partial charge in [0.1, 0.15) is 11.8 Å². The lowest BCUT2D eigenvalue weighted by molar-refractivity contribution is -0.141. The van der Waals surface area contributed by atoms with Gasteiger partial charge in [-0.15, -0.1) is 0 Å². The number of para-hydroxylation sites is 1. The smallest absolute Gasteiger partial charge is 0.242 e. The number of nitrogens with one attached hydrogen (secondary N) is 1. The molecule has 2 unspecified atom stereocenters.